The normalized spacial score (nSPS) is 19.8. The molecule has 5 nitrogen and oxygen atoms in total. The summed E-state index contributed by atoms with van der Waals surface area (Å²) in [6.45, 7) is -0.0931. The third kappa shape index (κ3) is 3.70. The SMILES string of the molecule is CSCC[C@@H]1NC(=O)N(C[C@H](O)c2ccccc2Cl)C1=O. The quantitative estimate of drug-likeness (QED) is 0.784. The topological polar surface area (TPSA) is 69.6 Å². The fraction of sp³-hybridized carbons (Fsp3) is 0.429. The second-order valence-corrected chi connectivity index (χ2v) is 6.16. The molecule has 2 rings (SSSR count). The molecular weight excluding hydrogens is 312 g/mol. The third-order valence-electron chi connectivity index (χ3n) is 3.34. The lowest BCUT2D eigenvalue weighted by Gasteiger charge is -2.18. The molecule has 1 aromatic rings. The molecule has 0 saturated carbocycles. The molecular formula is C14H17ClN2O3S. The summed E-state index contributed by atoms with van der Waals surface area (Å²) in [7, 11) is 0. The fourth-order valence-corrected chi connectivity index (χ4v) is 2.93. The van der Waals surface area contributed by atoms with Crippen LogP contribution in [0, 0.1) is 0 Å². The van der Waals surface area contributed by atoms with Gasteiger partial charge in [-0.2, -0.15) is 11.8 Å². The Hall–Kier alpha value is -1.24. The van der Waals surface area contributed by atoms with Crippen molar-refractivity contribution in [3.63, 3.8) is 0 Å². The molecule has 2 atom stereocenters. The van der Waals surface area contributed by atoms with Gasteiger partial charge in [-0.05, 0) is 24.5 Å². The summed E-state index contributed by atoms with van der Waals surface area (Å²) in [4.78, 5) is 25.1. The number of nitrogens with zero attached hydrogens (tertiary/aromatic N) is 1. The molecule has 0 bridgehead atoms. The number of thioether (sulfide) groups is 1. The number of imide groups is 1. The summed E-state index contributed by atoms with van der Waals surface area (Å²) >= 11 is 7.62. The highest BCUT2D eigenvalue weighted by Gasteiger charge is 2.38. The van der Waals surface area contributed by atoms with Gasteiger partial charge >= 0.3 is 6.03 Å². The van der Waals surface area contributed by atoms with Gasteiger partial charge in [0.1, 0.15) is 6.04 Å². The van der Waals surface area contributed by atoms with Crippen LogP contribution in [0.3, 0.4) is 0 Å². The van der Waals surface area contributed by atoms with Crippen molar-refractivity contribution in [3.8, 4) is 0 Å². The van der Waals surface area contributed by atoms with Gasteiger partial charge in [0.05, 0.1) is 12.6 Å². The van der Waals surface area contributed by atoms with Gasteiger partial charge in [-0.15, -0.1) is 0 Å². The molecule has 0 spiro atoms. The number of halogens is 1. The van der Waals surface area contributed by atoms with E-state index in [9.17, 15) is 14.7 Å². The first-order chi connectivity index (χ1) is 10.0. The predicted octanol–water partition coefficient (Wildman–Crippen LogP) is 2.05. The van der Waals surface area contributed by atoms with Gasteiger partial charge in [0.2, 0.25) is 0 Å². The lowest BCUT2D eigenvalue weighted by molar-refractivity contribution is -0.128. The van der Waals surface area contributed by atoms with E-state index < -0.39 is 18.2 Å². The Balaban J connectivity index is 2.04. The van der Waals surface area contributed by atoms with Gasteiger partial charge in [0.15, 0.2) is 0 Å². The van der Waals surface area contributed by atoms with E-state index in [0.29, 0.717) is 17.0 Å². The minimum absolute atomic E-state index is 0.0931. The van der Waals surface area contributed by atoms with Crippen LogP contribution in [0.5, 0.6) is 0 Å². The molecule has 1 aliphatic heterocycles. The van der Waals surface area contributed by atoms with Gasteiger partial charge in [-0.25, -0.2) is 4.79 Å². The van der Waals surface area contributed by atoms with Crippen LogP contribution in [0.15, 0.2) is 24.3 Å². The van der Waals surface area contributed by atoms with Crippen molar-refractivity contribution in [2.24, 2.45) is 0 Å². The summed E-state index contributed by atoms with van der Waals surface area (Å²) < 4.78 is 0. The van der Waals surface area contributed by atoms with Gasteiger partial charge in [-0.3, -0.25) is 9.69 Å². The molecule has 21 heavy (non-hydrogen) atoms. The number of hydrogen-bond donors (Lipinski definition) is 2. The lowest BCUT2D eigenvalue weighted by atomic mass is 10.1. The molecule has 1 fully saturated rings. The van der Waals surface area contributed by atoms with Crippen LogP contribution < -0.4 is 5.32 Å². The van der Waals surface area contributed by atoms with Crippen LogP contribution in [-0.4, -0.2) is 46.5 Å². The number of nitrogens with one attached hydrogen (secondary N) is 1. The standard InChI is InChI=1S/C14H17ClN2O3S/c1-21-7-6-11-13(19)17(14(20)16-11)8-12(18)9-4-2-3-5-10(9)15/h2-5,11-12,18H,6-8H2,1H3,(H,16,20)/t11-,12-/m0/s1. The molecule has 0 unspecified atom stereocenters. The molecule has 0 radical (unpaired) electrons. The highest BCUT2D eigenvalue weighted by atomic mass is 35.5. The molecule has 1 heterocycles. The summed E-state index contributed by atoms with van der Waals surface area (Å²) in [6, 6.07) is 5.88. The molecule has 1 aromatic carbocycles. The van der Waals surface area contributed by atoms with E-state index in [1.54, 1.807) is 36.0 Å². The number of benzene rings is 1. The van der Waals surface area contributed by atoms with Crippen LogP contribution in [0.1, 0.15) is 18.1 Å². The van der Waals surface area contributed by atoms with Crippen molar-refractivity contribution in [2.75, 3.05) is 18.6 Å². The first-order valence-electron chi connectivity index (χ1n) is 6.58. The zero-order valence-corrected chi connectivity index (χ0v) is 13.2. The van der Waals surface area contributed by atoms with E-state index in [0.717, 1.165) is 10.7 Å². The van der Waals surface area contributed by atoms with E-state index in [-0.39, 0.29) is 12.5 Å². The number of β-amino-alcohol motifs (C(OH)–C–C–N with tert-alkyl or cyclic N) is 1. The number of aliphatic hydroxyl groups excluding tert-OH is 1. The Morgan fingerprint density at radius 2 is 2.14 bits per heavy atom. The molecule has 114 valence electrons. The maximum Gasteiger partial charge on any atom is 0.324 e. The monoisotopic (exact) mass is 328 g/mol. The summed E-state index contributed by atoms with van der Waals surface area (Å²) in [5, 5.41) is 13.3. The smallest absolute Gasteiger partial charge is 0.324 e. The van der Waals surface area contributed by atoms with Crippen LogP contribution in [0.2, 0.25) is 5.02 Å². The highest BCUT2D eigenvalue weighted by Crippen LogP contribution is 2.24. The lowest BCUT2D eigenvalue weighted by Crippen LogP contribution is -2.35. The molecule has 2 N–H and O–H groups in total. The van der Waals surface area contributed by atoms with Gasteiger partial charge in [-0.1, -0.05) is 29.8 Å². The maximum absolute atomic E-state index is 12.2. The summed E-state index contributed by atoms with van der Waals surface area (Å²) in [6.07, 6.45) is 1.54. The molecule has 7 heteroatoms. The van der Waals surface area contributed by atoms with Gasteiger partial charge in [0.25, 0.3) is 5.91 Å². The van der Waals surface area contributed by atoms with E-state index in [1.165, 1.54) is 0 Å². The Bertz CT molecular complexity index is 541. The molecule has 1 aliphatic rings. The van der Waals surface area contributed by atoms with Crippen LogP contribution in [0.4, 0.5) is 4.79 Å². The summed E-state index contributed by atoms with van der Waals surface area (Å²) in [5.41, 5.74) is 0.507. The van der Waals surface area contributed by atoms with E-state index >= 15 is 0 Å². The highest BCUT2D eigenvalue weighted by molar-refractivity contribution is 7.98. The maximum atomic E-state index is 12.2. The van der Waals surface area contributed by atoms with E-state index in [2.05, 4.69) is 5.32 Å². The van der Waals surface area contributed by atoms with E-state index in [4.69, 9.17) is 11.6 Å². The molecule has 0 aromatic heterocycles. The van der Waals surface area contributed by atoms with Crippen molar-refractivity contribution in [1.82, 2.24) is 10.2 Å². The Labute approximate surface area is 132 Å². The molecule has 3 amide bonds. The number of carbonyl (C=O) groups excluding carboxylic acids is 2. The number of amides is 3. The van der Waals surface area contributed by atoms with Crippen molar-refractivity contribution in [2.45, 2.75) is 18.6 Å². The van der Waals surface area contributed by atoms with Crippen molar-refractivity contribution in [3.05, 3.63) is 34.9 Å². The Morgan fingerprint density at radius 1 is 1.43 bits per heavy atom. The van der Waals surface area contributed by atoms with E-state index in [1.807, 2.05) is 6.26 Å². The zero-order chi connectivity index (χ0) is 15.4. The van der Waals surface area contributed by atoms with Crippen LogP contribution in [-0.2, 0) is 4.79 Å². The second kappa shape index (κ2) is 7.15. The summed E-state index contributed by atoms with van der Waals surface area (Å²) in [5.74, 6) is 0.498. The second-order valence-electron chi connectivity index (χ2n) is 4.77. The Morgan fingerprint density at radius 3 is 2.81 bits per heavy atom. The number of urea groups is 1. The van der Waals surface area contributed by atoms with Crippen molar-refractivity contribution >= 4 is 35.3 Å². The number of rotatable bonds is 6. The predicted molar refractivity (Wildman–Crippen MR) is 83.4 cm³/mol. The first-order valence-corrected chi connectivity index (χ1v) is 8.35. The zero-order valence-electron chi connectivity index (χ0n) is 11.6. The number of aliphatic hydroxyl groups is 1. The largest absolute Gasteiger partial charge is 0.386 e. The average Bonchev–Trinajstić information content (AvgIpc) is 2.73. The Kier molecular flexibility index (Phi) is 5.50. The number of carbonyl (C=O) groups is 2. The van der Waals surface area contributed by atoms with Crippen molar-refractivity contribution in [1.29, 1.82) is 0 Å². The van der Waals surface area contributed by atoms with Gasteiger partial charge in [0, 0.05) is 10.6 Å². The first kappa shape index (κ1) is 16.1. The minimum Gasteiger partial charge on any atom is -0.386 e. The molecule has 0 aliphatic carbocycles. The average molecular weight is 329 g/mol. The molecule has 1 saturated heterocycles. The fourth-order valence-electron chi connectivity index (χ4n) is 2.20. The number of hydrogen-bond acceptors (Lipinski definition) is 4. The van der Waals surface area contributed by atoms with Gasteiger partial charge < -0.3 is 10.4 Å². The van der Waals surface area contributed by atoms with Crippen LogP contribution in [0.25, 0.3) is 0 Å². The third-order valence-corrected chi connectivity index (χ3v) is 4.33. The minimum atomic E-state index is -0.993. The van der Waals surface area contributed by atoms with Crippen LogP contribution >= 0.6 is 23.4 Å². The van der Waals surface area contributed by atoms with Crippen molar-refractivity contribution < 1.29 is 14.7 Å².